The molecular formula is C23H21F3N4O4. The van der Waals surface area contributed by atoms with E-state index in [0.29, 0.717) is 0 Å². The third-order valence-corrected chi connectivity index (χ3v) is 5.29. The topological polar surface area (TPSA) is 91.3 Å². The maximum atomic E-state index is 13.3. The Balaban J connectivity index is 1.91. The molecule has 0 aliphatic heterocycles. The first kappa shape index (κ1) is 23.3. The van der Waals surface area contributed by atoms with Gasteiger partial charge in [0.25, 0.3) is 5.56 Å². The van der Waals surface area contributed by atoms with Crippen LogP contribution < -0.4 is 16.0 Å². The molecule has 0 radical (unpaired) electrons. The number of fused-ring (bicyclic) bond motifs is 1. The minimum atomic E-state index is -4.56. The molecule has 2 aromatic heterocycles. The molecule has 0 unspecified atom stereocenters. The lowest BCUT2D eigenvalue weighted by molar-refractivity contribution is -0.137. The van der Waals surface area contributed by atoms with Crippen molar-refractivity contribution in [2.75, 3.05) is 6.61 Å². The van der Waals surface area contributed by atoms with Crippen molar-refractivity contribution >= 4 is 11.2 Å². The summed E-state index contributed by atoms with van der Waals surface area (Å²) in [6.45, 7) is -0.0851. The van der Waals surface area contributed by atoms with E-state index in [-0.39, 0.29) is 49.0 Å². The smallest absolute Gasteiger partial charge is 0.416 e. The number of aliphatic hydroxyl groups is 1. The highest BCUT2D eigenvalue weighted by atomic mass is 19.4. The summed E-state index contributed by atoms with van der Waals surface area (Å²) in [5.74, 6) is -0.120. The number of nitrogens with zero attached hydrogens (tertiary/aromatic N) is 4. The summed E-state index contributed by atoms with van der Waals surface area (Å²) >= 11 is 0. The second-order valence-electron chi connectivity index (χ2n) is 7.64. The van der Waals surface area contributed by atoms with Crippen LogP contribution >= 0.6 is 0 Å². The van der Waals surface area contributed by atoms with E-state index in [9.17, 15) is 22.8 Å². The van der Waals surface area contributed by atoms with Crippen molar-refractivity contribution in [1.29, 1.82) is 0 Å². The summed E-state index contributed by atoms with van der Waals surface area (Å²) in [6.07, 6.45) is -4.37. The van der Waals surface area contributed by atoms with E-state index < -0.39 is 23.0 Å². The average Bonchev–Trinajstić information content (AvgIpc) is 3.16. The number of ether oxygens (including phenoxy) is 1. The molecule has 1 N–H and O–H groups in total. The zero-order valence-electron chi connectivity index (χ0n) is 18.1. The number of imidazole rings is 1. The first-order valence-corrected chi connectivity index (χ1v) is 10.4. The van der Waals surface area contributed by atoms with Gasteiger partial charge in [-0.1, -0.05) is 36.4 Å². The molecule has 34 heavy (non-hydrogen) atoms. The van der Waals surface area contributed by atoms with Crippen LogP contribution in [0.25, 0.3) is 11.2 Å². The number of rotatable bonds is 7. The van der Waals surface area contributed by atoms with Gasteiger partial charge in [-0.3, -0.25) is 18.5 Å². The quantitative estimate of drug-likeness (QED) is 0.445. The minimum Gasteiger partial charge on any atom is -0.425 e. The molecule has 0 bridgehead atoms. The molecule has 0 aliphatic rings. The van der Waals surface area contributed by atoms with Gasteiger partial charge in [-0.05, 0) is 30.2 Å². The van der Waals surface area contributed by atoms with Crippen molar-refractivity contribution in [3.8, 4) is 11.8 Å². The molecule has 11 heteroatoms. The maximum absolute atomic E-state index is 13.3. The van der Waals surface area contributed by atoms with E-state index in [2.05, 4.69) is 4.98 Å². The fourth-order valence-electron chi connectivity index (χ4n) is 3.61. The predicted octanol–water partition coefficient (Wildman–Crippen LogP) is 3.14. The van der Waals surface area contributed by atoms with Crippen LogP contribution in [0.2, 0.25) is 0 Å². The van der Waals surface area contributed by atoms with E-state index in [0.717, 1.165) is 22.3 Å². The van der Waals surface area contributed by atoms with Gasteiger partial charge in [-0.2, -0.15) is 18.2 Å². The van der Waals surface area contributed by atoms with Crippen LogP contribution in [0.5, 0.6) is 11.8 Å². The molecule has 8 nitrogen and oxygen atoms in total. The highest BCUT2D eigenvalue weighted by Gasteiger charge is 2.31. The van der Waals surface area contributed by atoms with Crippen molar-refractivity contribution < 1.29 is 23.0 Å². The second kappa shape index (κ2) is 9.18. The van der Waals surface area contributed by atoms with E-state index in [1.165, 1.54) is 28.3 Å². The molecule has 2 aromatic carbocycles. The highest BCUT2D eigenvalue weighted by molar-refractivity contribution is 5.72. The Labute approximate surface area is 191 Å². The lowest BCUT2D eigenvalue weighted by Crippen LogP contribution is -2.39. The summed E-state index contributed by atoms with van der Waals surface area (Å²) in [5.41, 5.74) is -1.27. The van der Waals surface area contributed by atoms with Gasteiger partial charge in [0.15, 0.2) is 11.2 Å². The maximum Gasteiger partial charge on any atom is 0.416 e. The lowest BCUT2D eigenvalue weighted by Gasteiger charge is -2.12. The molecule has 178 valence electrons. The van der Waals surface area contributed by atoms with Gasteiger partial charge in [0.1, 0.15) is 5.75 Å². The highest BCUT2D eigenvalue weighted by Crippen LogP contribution is 2.33. The number of benzene rings is 2. The Hall–Kier alpha value is -3.86. The Morgan fingerprint density at radius 1 is 1.03 bits per heavy atom. The molecule has 4 rings (SSSR count). The molecule has 0 fully saturated rings. The van der Waals surface area contributed by atoms with Crippen molar-refractivity contribution in [2.45, 2.75) is 25.7 Å². The summed E-state index contributed by atoms with van der Waals surface area (Å²) in [6, 6.07) is 13.2. The van der Waals surface area contributed by atoms with E-state index in [4.69, 9.17) is 9.84 Å². The minimum absolute atomic E-state index is 0.00170. The molecule has 0 aliphatic carbocycles. The van der Waals surface area contributed by atoms with Crippen LogP contribution in [0.3, 0.4) is 0 Å². The monoisotopic (exact) mass is 474 g/mol. The molecular weight excluding hydrogens is 453 g/mol. The van der Waals surface area contributed by atoms with Crippen LogP contribution in [-0.2, 0) is 26.3 Å². The Kier molecular flexibility index (Phi) is 6.29. The fraction of sp³-hybridized carbons (Fsp3) is 0.261. The van der Waals surface area contributed by atoms with Gasteiger partial charge >= 0.3 is 17.9 Å². The molecule has 0 saturated heterocycles. The second-order valence-corrected chi connectivity index (χ2v) is 7.64. The van der Waals surface area contributed by atoms with Crippen molar-refractivity contribution in [1.82, 2.24) is 18.7 Å². The summed E-state index contributed by atoms with van der Waals surface area (Å²) in [4.78, 5) is 30.3. The molecule has 2 heterocycles. The number of hydrogen-bond donors (Lipinski definition) is 1. The summed E-state index contributed by atoms with van der Waals surface area (Å²) in [5, 5.41) is 9.15. The van der Waals surface area contributed by atoms with Crippen LogP contribution in [0.1, 0.15) is 17.5 Å². The molecule has 4 aromatic rings. The molecule has 0 atom stereocenters. The zero-order valence-corrected chi connectivity index (χ0v) is 18.1. The van der Waals surface area contributed by atoms with Crippen molar-refractivity contribution in [2.24, 2.45) is 7.05 Å². The first-order chi connectivity index (χ1) is 16.2. The number of aryl methyl sites for hydroxylation is 1. The van der Waals surface area contributed by atoms with Crippen LogP contribution in [-0.4, -0.2) is 30.4 Å². The fourth-order valence-corrected chi connectivity index (χ4v) is 3.61. The van der Waals surface area contributed by atoms with Gasteiger partial charge in [0, 0.05) is 20.2 Å². The Bertz CT molecular complexity index is 1440. The number of hydrogen-bond acceptors (Lipinski definition) is 5. The molecule has 0 amide bonds. The van der Waals surface area contributed by atoms with Crippen molar-refractivity contribution in [3.05, 3.63) is 86.6 Å². The number of aliphatic hydroxyl groups excluding tert-OH is 1. The van der Waals surface area contributed by atoms with E-state index in [1.54, 1.807) is 12.1 Å². The summed E-state index contributed by atoms with van der Waals surface area (Å²) in [7, 11) is 1.44. The third-order valence-electron chi connectivity index (χ3n) is 5.29. The van der Waals surface area contributed by atoms with Gasteiger partial charge < -0.3 is 9.84 Å². The standard InChI is InChI=1S/C23H21F3N4O4/c1-28-19-18(20(32)29(22(28)33)11-6-12-31)30(14-15-7-3-2-4-8-15)21(27-19)34-17-10-5-9-16(13-17)23(24,25)26/h2-5,7-10,13,31H,6,11-12,14H2,1H3. The van der Waals surface area contributed by atoms with Crippen LogP contribution in [0.15, 0.2) is 64.2 Å². The number of aromatic nitrogens is 4. The molecule has 0 spiro atoms. The lowest BCUT2D eigenvalue weighted by atomic mass is 10.2. The Morgan fingerprint density at radius 2 is 1.76 bits per heavy atom. The van der Waals surface area contributed by atoms with Crippen molar-refractivity contribution in [3.63, 3.8) is 0 Å². The Morgan fingerprint density at radius 3 is 2.44 bits per heavy atom. The van der Waals surface area contributed by atoms with Gasteiger partial charge in [-0.25, -0.2) is 4.79 Å². The largest absolute Gasteiger partial charge is 0.425 e. The average molecular weight is 474 g/mol. The SMILES string of the molecule is Cn1c(=O)n(CCCO)c(=O)c2c1nc(Oc1cccc(C(F)(F)F)c1)n2Cc1ccccc1. The van der Waals surface area contributed by atoms with E-state index in [1.807, 2.05) is 18.2 Å². The normalized spacial score (nSPS) is 11.8. The van der Waals surface area contributed by atoms with Gasteiger partial charge in [0.05, 0.1) is 12.1 Å². The number of halogens is 3. The van der Waals surface area contributed by atoms with Gasteiger partial charge in [-0.15, -0.1) is 0 Å². The third kappa shape index (κ3) is 4.46. The van der Waals surface area contributed by atoms with Crippen LogP contribution in [0.4, 0.5) is 13.2 Å². The first-order valence-electron chi connectivity index (χ1n) is 10.4. The molecule has 0 saturated carbocycles. The van der Waals surface area contributed by atoms with Crippen LogP contribution in [0, 0.1) is 0 Å². The summed E-state index contributed by atoms with van der Waals surface area (Å²) < 4.78 is 48.8. The number of alkyl halides is 3. The predicted molar refractivity (Wildman–Crippen MR) is 118 cm³/mol. The van der Waals surface area contributed by atoms with Gasteiger partial charge in [0.2, 0.25) is 0 Å². The van der Waals surface area contributed by atoms with E-state index >= 15 is 0 Å². The zero-order chi connectivity index (χ0) is 24.5.